The Morgan fingerprint density at radius 1 is 0.824 bits per heavy atom. The van der Waals surface area contributed by atoms with Crippen molar-refractivity contribution in [2.45, 2.75) is 54.5 Å². The lowest BCUT2D eigenvalue weighted by atomic mass is 10.0. The van der Waals surface area contributed by atoms with Crippen LogP contribution in [0.5, 0.6) is 0 Å². The number of halogens is 1. The van der Waals surface area contributed by atoms with Crippen molar-refractivity contribution < 1.29 is 35.7 Å². The van der Waals surface area contributed by atoms with E-state index in [0.717, 1.165) is 33.4 Å². The molecule has 182 valence electrons. The quantitative estimate of drug-likeness (QED) is 0.323. The number of hydrogen-bond acceptors (Lipinski definition) is 3. The Bertz CT molecular complexity index is 1170. The fourth-order valence-corrected chi connectivity index (χ4v) is 7.41. The molecule has 1 aromatic heterocycles. The lowest BCUT2D eigenvalue weighted by Crippen LogP contribution is -3.00. The van der Waals surface area contributed by atoms with Crippen LogP contribution in [0.4, 0.5) is 0 Å². The van der Waals surface area contributed by atoms with E-state index in [1.165, 1.54) is 0 Å². The summed E-state index contributed by atoms with van der Waals surface area (Å²) in [6, 6.07) is 7.66. The Balaban J connectivity index is 0.00000408. The molecule has 0 spiro atoms. The summed E-state index contributed by atoms with van der Waals surface area (Å²) in [7, 11) is -1.98. The average Bonchev–Trinajstić information content (AvgIpc) is 3.11. The molecule has 0 amide bonds. The molecule has 7 heteroatoms. The number of aromatic nitrogens is 2. The summed E-state index contributed by atoms with van der Waals surface area (Å²) in [4.78, 5) is 27.8. The molecule has 0 aliphatic rings. The minimum Gasteiger partial charge on any atom is -1.00 e. The third-order valence-corrected chi connectivity index (χ3v) is 8.86. The van der Waals surface area contributed by atoms with Gasteiger partial charge in [0.15, 0.2) is 0 Å². The topological polar surface area (TPSA) is 60.0 Å². The molecule has 0 aliphatic heterocycles. The predicted octanol–water partition coefficient (Wildman–Crippen LogP) is 2.60. The van der Waals surface area contributed by atoms with Crippen molar-refractivity contribution in [3.05, 3.63) is 87.5 Å². The molecule has 3 aromatic rings. The smallest absolute Gasteiger partial charge is 0.243 e. The van der Waals surface area contributed by atoms with Crippen LogP contribution in [0.3, 0.4) is 0 Å². The predicted molar refractivity (Wildman–Crippen MR) is 133 cm³/mol. The molecule has 0 unspecified atom stereocenters. The van der Waals surface area contributed by atoms with E-state index < -0.39 is 18.2 Å². The van der Waals surface area contributed by atoms with E-state index >= 15 is 0 Å². The van der Waals surface area contributed by atoms with Crippen LogP contribution in [-0.4, -0.2) is 21.8 Å². The molecule has 0 aliphatic carbocycles. The van der Waals surface area contributed by atoms with Crippen molar-refractivity contribution in [2.24, 2.45) is 7.05 Å². The summed E-state index contributed by atoms with van der Waals surface area (Å²) in [5.41, 5.74) is 4.95. The van der Waals surface area contributed by atoms with Gasteiger partial charge in [0, 0.05) is 17.3 Å². The van der Waals surface area contributed by atoms with E-state index in [2.05, 4.69) is 0 Å². The van der Waals surface area contributed by atoms with Gasteiger partial charge in [0.2, 0.25) is 24.5 Å². The van der Waals surface area contributed by atoms with Gasteiger partial charge in [-0.25, -0.2) is 9.13 Å². The van der Waals surface area contributed by atoms with Crippen LogP contribution in [0.25, 0.3) is 0 Å². The van der Waals surface area contributed by atoms with Gasteiger partial charge in [0.05, 0.1) is 13.6 Å². The van der Waals surface area contributed by atoms with Crippen LogP contribution in [-0.2, 0) is 18.2 Å². The van der Waals surface area contributed by atoms with Crippen LogP contribution >= 0.6 is 7.14 Å². The zero-order chi connectivity index (χ0) is 24.5. The summed E-state index contributed by atoms with van der Waals surface area (Å²) in [6.07, 6.45) is 6.30. The van der Waals surface area contributed by atoms with E-state index in [9.17, 15) is 14.2 Å². The molecule has 0 radical (unpaired) electrons. The second-order valence-corrected chi connectivity index (χ2v) is 12.0. The number of aryl methyl sites for hydroxylation is 8. The maximum absolute atomic E-state index is 14.5. The molecule has 5 nitrogen and oxygen atoms in total. The zero-order valence-corrected chi connectivity index (χ0v) is 23.6. The summed E-state index contributed by atoms with van der Waals surface area (Å²) < 4.78 is 18.4. The second kappa shape index (κ2) is 11.0. The molecule has 0 bridgehead atoms. The number of carbonyl (C=O) groups is 2. The normalized spacial score (nSPS) is 11.3. The number of carbonyl (C=O) groups excluding carboxylic acids is 2. The van der Waals surface area contributed by atoms with Crippen LogP contribution in [0.15, 0.2) is 43.0 Å². The lowest BCUT2D eigenvalue weighted by molar-refractivity contribution is -0.671. The highest BCUT2D eigenvalue weighted by molar-refractivity contribution is 7.95. The van der Waals surface area contributed by atoms with Gasteiger partial charge in [-0.15, -0.1) is 0 Å². The number of rotatable bonds is 8. The first-order valence-corrected chi connectivity index (χ1v) is 13.2. The molecule has 3 rings (SSSR count). The zero-order valence-electron chi connectivity index (χ0n) is 21.1. The van der Waals surface area contributed by atoms with Crippen molar-refractivity contribution in [3.8, 4) is 0 Å². The van der Waals surface area contributed by atoms with Gasteiger partial charge < -0.3 is 21.5 Å². The van der Waals surface area contributed by atoms with E-state index in [0.29, 0.717) is 24.1 Å². The van der Waals surface area contributed by atoms with Crippen LogP contribution in [0.1, 0.15) is 60.5 Å². The number of nitrogens with zero attached hydrogens (tertiary/aromatic N) is 2. The Kier molecular flexibility index (Phi) is 9.01. The fraction of sp³-hybridized carbons (Fsp3) is 0.370. The lowest BCUT2D eigenvalue weighted by Gasteiger charge is -2.21. The summed E-state index contributed by atoms with van der Waals surface area (Å²) in [6.45, 7) is 11.9. The van der Waals surface area contributed by atoms with E-state index in [-0.39, 0.29) is 23.1 Å². The first kappa shape index (κ1) is 27.9. The molecular weight excluding hydrogens is 511 g/mol. The molecule has 0 atom stereocenters. The minimum atomic E-state index is -3.91. The van der Waals surface area contributed by atoms with Crippen LogP contribution in [0, 0.1) is 41.5 Å². The monoisotopic (exact) mass is 544 g/mol. The fourth-order valence-electron chi connectivity index (χ4n) is 4.80. The molecule has 2 aromatic carbocycles. The van der Waals surface area contributed by atoms with Crippen molar-refractivity contribution in [1.82, 2.24) is 4.57 Å². The molecule has 0 saturated carbocycles. The van der Waals surface area contributed by atoms with Gasteiger partial charge in [0.1, 0.15) is 12.4 Å². The summed E-state index contributed by atoms with van der Waals surface area (Å²) in [5.74, 6) is 0. The van der Waals surface area contributed by atoms with Gasteiger partial charge in [-0.3, -0.25) is 9.59 Å². The van der Waals surface area contributed by atoms with E-state index in [4.69, 9.17) is 0 Å². The molecule has 1 heterocycles. The summed E-state index contributed by atoms with van der Waals surface area (Å²) in [5, 5.41) is 0. The SMILES string of the molecule is Cc1cc(C)c(C(=O)P(=O)(CCCn2cc[n+](C)c2)C(=O)c2c(C)cc(C)cc2C)c(C)c1.[Br-]. The van der Waals surface area contributed by atoms with Gasteiger partial charge in [-0.05, 0) is 70.2 Å². The Hall–Kier alpha value is -2.30. The first-order valence-electron chi connectivity index (χ1n) is 11.3. The van der Waals surface area contributed by atoms with E-state index in [1.807, 2.05) is 101 Å². The third kappa shape index (κ3) is 5.67. The van der Waals surface area contributed by atoms with Crippen molar-refractivity contribution in [3.63, 3.8) is 0 Å². The van der Waals surface area contributed by atoms with Gasteiger partial charge in [-0.2, -0.15) is 0 Å². The minimum absolute atomic E-state index is 0. The number of imidazole rings is 1. The molecule has 34 heavy (non-hydrogen) atoms. The summed E-state index contributed by atoms with van der Waals surface area (Å²) >= 11 is 0. The molecule has 0 fully saturated rings. The van der Waals surface area contributed by atoms with Crippen molar-refractivity contribution >= 4 is 18.2 Å². The Labute approximate surface area is 213 Å². The maximum atomic E-state index is 14.5. The number of hydrogen-bond donors (Lipinski definition) is 0. The highest BCUT2D eigenvalue weighted by Crippen LogP contribution is 2.54. The maximum Gasteiger partial charge on any atom is 0.243 e. The molecule has 0 N–H and O–H groups in total. The second-order valence-electron chi connectivity index (χ2n) is 9.29. The number of benzene rings is 2. The van der Waals surface area contributed by atoms with Crippen molar-refractivity contribution in [2.75, 3.05) is 6.16 Å². The first-order chi connectivity index (χ1) is 15.4. The van der Waals surface area contributed by atoms with Gasteiger partial charge in [-0.1, -0.05) is 35.4 Å². The average molecular weight is 545 g/mol. The highest BCUT2D eigenvalue weighted by Gasteiger charge is 2.42. The Morgan fingerprint density at radius 2 is 1.24 bits per heavy atom. The van der Waals surface area contributed by atoms with Gasteiger partial charge >= 0.3 is 0 Å². The van der Waals surface area contributed by atoms with Crippen molar-refractivity contribution in [1.29, 1.82) is 0 Å². The standard InChI is InChI=1S/C27H34N2O3P.BrH/c1-18-13-20(3)24(21(4)14-18)26(30)33(32,12-8-9-29-11-10-28(7)17-29)27(31)25-22(5)15-19(2)16-23(25)6;/h10-11,13-17H,8-9,12H2,1-7H3;1H/q+1;/p-1. The van der Waals surface area contributed by atoms with Crippen LogP contribution < -0.4 is 21.5 Å². The largest absolute Gasteiger partial charge is 1.00 e. The molecular formula is C27H34BrN2O3P. The third-order valence-electron chi connectivity index (χ3n) is 6.15. The molecule has 0 saturated heterocycles. The van der Waals surface area contributed by atoms with Gasteiger partial charge in [0.25, 0.3) is 0 Å². The highest BCUT2D eigenvalue weighted by atomic mass is 79.9. The Morgan fingerprint density at radius 3 is 1.59 bits per heavy atom. The van der Waals surface area contributed by atoms with Crippen LogP contribution in [0.2, 0.25) is 0 Å². The van der Waals surface area contributed by atoms with E-state index in [1.54, 1.807) is 0 Å².